The molecule has 2 aromatic rings. The first-order chi connectivity index (χ1) is 14.2. The molecule has 0 bridgehead atoms. The van der Waals surface area contributed by atoms with E-state index < -0.39 is 0 Å². The second-order valence-electron chi connectivity index (χ2n) is 8.05. The molecule has 2 fully saturated rings. The highest BCUT2D eigenvalue weighted by molar-refractivity contribution is 5.91. The Balaban J connectivity index is 1.24. The van der Waals surface area contributed by atoms with E-state index in [0.29, 0.717) is 11.7 Å². The molecule has 0 unspecified atom stereocenters. The summed E-state index contributed by atoms with van der Waals surface area (Å²) in [6.45, 7) is 7.20. The number of nitrogens with zero attached hydrogens (tertiary/aromatic N) is 3. The van der Waals surface area contributed by atoms with Gasteiger partial charge in [-0.2, -0.15) is 0 Å². The van der Waals surface area contributed by atoms with Crippen LogP contribution in [0.3, 0.4) is 0 Å². The van der Waals surface area contributed by atoms with Crippen LogP contribution in [0.15, 0.2) is 47.1 Å². The lowest BCUT2D eigenvalue weighted by Gasteiger charge is -2.34. The Kier molecular flexibility index (Phi) is 6.39. The van der Waals surface area contributed by atoms with Gasteiger partial charge >= 0.3 is 0 Å². The normalized spacial score (nSPS) is 19.2. The van der Waals surface area contributed by atoms with Gasteiger partial charge in [-0.25, -0.2) is 0 Å². The fraction of sp³-hybridized carbons (Fsp3) is 0.522. The average Bonchev–Trinajstić information content (AvgIpc) is 3.21. The van der Waals surface area contributed by atoms with Crippen molar-refractivity contribution < 1.29 is 13.9 Å². The molecular formula is C23H31N3O3. The molecule has 1 aromatic carbocycles. The van der Waals surface area contributed by atoms with E-state index in [9.17, 15) is 4.79 Å². The molecule has 0 spiro atoms. The summed E-state index contributed by atoms with van der Waals surface area (Å²) in [6.07, 6.45) is 4.90. The highest BCUT2D eigenvalue weighted by atomic mass is 16.5. The summed E-state index contributed by atoms with van der Waals surface area (Å²) >= 11 is 0. The number of anilines is 1. The van der Waals surface area contributed by atoms with E-state index in [4.69, 9.17) is 9.15 Å². The summed E-state index contributed by atoms with van der Waals surface area (Å²) in [5, 5.41) is 0. The van der Waals surface area contributed by atoms with Crippen LogP contribution in [0.4, 0.5) is 5.69 Å². The Morgan fingerprint density at radius 2 is 1.83 bits per heavy atom. The van der Waals surface area contributed by atoms with Crippen molar-refractivity contribution in [3.05, 3.63) is 48.4 Å². The van der Waals surface area contributed by atoms with E-state index in [1.807, 2.05) is 17.0 Å². The van der Waals surface area contributed by atoms with Gasteiger partial charge in [0.1, 0.15) is 5.75 Å². The van der Waals surface area contributed by atoms with Crippen molar-refractivity contribution >= 4 is 11.6 Å². The SMILES string of the molecule is COc1ccc(N2CCCN(CC3CCN(C(=O)c4ccco4)CC3)CC2)cc1. The lowest BCUT2D eigenvalue weighted by molar-refractivity contribution is 0.0637. The van der Waals surface area contributed by atoms with Crippen molar-refractivity contribution in [1.82, 2.24) is 9.80 Å². The molecule has 1 amide bonds. The Labute approximate surface area is 173 Å². The second kappa shape index (κ2) is 9.35. The first kappa shape index (κ1) is 19.8. The van der Waals surface area contributed by atoms with Gasteiger partial charge in [-0.05, 0) is 68.1 Å². The molecule has 29 heavy (non-hydrogen) atoms. The first-order valence-corrected chi connectivity index (χ1v) is 10.7. The van der Waals surface area contributed by atoms with Crippen molar-refractivity contribution in [2.75, 3.05) is 57.8 Å². The smallest absolute Gasteiger partial charge is 0.289 e. The Hall–Kier alpha value is -2.47. The third-order valence-electron chi connectivity index (χ3n) is 6.18. The lowest BCUT2D eigenvalue weighted by Crippen LogP contribution is -2.42. The lowest BCUT2D eigenvalue weighted by atomic mass is 9.96. The Bertz CT molecular complexity index is 767. The van der Waals surface area contributed by atoms with Gasteiger partial charge in [0.05, 0.1) is 13.4 Å². The van der Waals surface area contributed by atoms with Crippen LogP contribution < -0.4 is 9.64 Å². The zero-order valence-corrected chi connectivity index (χ0v) is 17.3. The summed E-state index contributed by atoms with van der Waals surface area (Å²) in [4.78, 5) is 19.4. The summed E-state index contributed by atoms with van der Waals surface area (Å²) in [5.74, 6) is 2.05. The topological polar surface area (TPSA) is 49.2 Å². The summed E-state index contributed by atoms with van der Waals surface area (Å²) < 4.78 is 10.5. The quantitative estimate of drug-likeness (QED) is 0.774. The maximum atomic E-state index is 12.4. The molecule has 6 nitrogen and oxygen atoms in total. The molecule has 0 saturated carbocycles. The van der Waals surface area contributed by atoms with Crippen LogP contribution >= 0.6 is 0 Å². The van der Waals surface area contributed by atoms with Crippen molar-refractivity contribution in [2.24, 2.45) is 5.92 Å². The number of carbonyl (C=O) groups is 1. The van der Waals surface area contributed by atoms with Crippen LogP contribution in [0.5, 0.6) is 5.75 Å². The molecule has 2 saturated heterocycles. The largest absolute Gasteiger partial charge is 0.497 e. The molecule has 0 atom stereocenters. The van der Waals surface area contributed by atoms with Gasteiger partial charge in [0, 0.05) is 45.0 Å². The van der Waals surface area contributed by atoms with Crippen molar-refractivity contribution in [1.29, 1.82) is 0 Å². The third-order valence-corrected chi connectivity index (χ3v) is 6.18. The van der Waals surface area contributed by atoms with Crippen molar-refractivity contribution in [3.8, 4) is 5.75 Å². The zero-order chi connectivity index (χ0) is 20.1. The molecule has 0 aliphatic carbocycles. The monoisotopic (exact) mass is 397 g/mol. The van der Waals surface area contributed by atoms with E-state index in [2.05, 4.69) is 21.9 Å². The van der Waals surface area contributed by atoms with Crippen LogP contribution in [0, 0.1) is 5.92 Å². The molecule has 2 aliphatic heterocycles. The maximum Gasteiger partial charge on any atom is 0.289 e. The molecule has 6 heteroatoms. The van der Waals surface area contributed by atoms with Crippen LogP contribution in [0.1, 0.15) is 29.8 Å². The highest BCUT2D eigenvalue weighted by Crippen LogP contribution is 2.23. The molecule has 2 aliphatic rings. The number of carbonyl (C=O) groups excluding carboxylic acids is 1. The number of ether oxygens (including phenoxy) is 1. The number of rotatable bonds is 5. The Morgan fingerprint density at radius 1 is 1.03 bits per heavy atom. The van der Waals surface area contributed by atoms with E-state index in [-0.39, 0.29) is 5.91 Å². The van der Waals surface area contributed by atoms with E-state index in [0.717, 1.165) is 64.4 Å². The summed E-state index contributed by atoms with van der Waals surface area (Å²) in [7, 11) is 1.70. The fourth-order valence-corrected chi connectivity index (χ4v) is 4.44. The fourth-order valence-electron chi connectivity index (χ4n) is 4.44. The number of hydrogen-bond acceptors (Lipinski definition) is 5. The molecular weight excluding hydrogens is 366 g/mol. The van der Waals surface area contributed by atoms with Gasteiger partial charge in [0.2, 0.25) is 0 Å². The molecule has 1 aromatic heterocycles. The van der Waals surface area contributed by atoms with Gasteiger partial charge < -0.3 is 23.9 Å². The summed E-state index contributed by atoms with van der Waals surface area (Å²) in [6, 6.07) is 11.9. The van der Waals surface area contributed by atoms with Gasteiger partial charge in [-0.3, -0.25) is 4.79 Å². The minimum Gasteiger partial charge on any atom is -0.497 e. The number of piperidine rings is 1. The predicted octanol–water partition coefficient (Wildman–Crippen LogP) is 3.35. The van der Waals surface area contributed by atoms with E-state index >= 15 is 0 Å². The minimum absolute atomic E-state index is 0.0263. The number of benzene rings is 1. The molecule has 4 rings (SSSR count). The van der Waals surface area contributed by atoms with Crippen LogP contribution in [0.2, 0.25) is 0 Å². The van der Waals surface area contributed by atoms with Crippen LogP contribution in [0.25, 0.3) is 0 Å². The average molecular weight is 398 g/mol. The van der Waals surface area contributed by atoms with Crippen LogP contribution in [-0.2, 0) is 0 Å². The Morgan fingerprint density at radius 3 is 2.52 bits per heavy atom. The minimum atomic E-state index is 0.0263. The number of hydrogen-bond donors (Lipinski definition) is 0. The van der Waals surface area contributed by atoms with E-state index in [1.165, 1.54) is 12.1 Å². The zero-order valence-electron chi connectivity index (χ0n) is 17.3. The van der Waals surface area contributed by atoms with Crippen LogP contribution in [-0.4, -0.2) is 68.6 Å². The molecule has 3 heterocycles. The second-order valence-corrected chi connectivity index (χ2v) is 8.05. The molecule has 156 valence electrons. The molecule has 0 radical (unpaired) electrons. The number of amides is 1. The number of likely N-dealkylation sites (tertiary alicyclic amines) is 1. The molecule has 0 N–H and O–H groups in total. The number of furan rings is 1. The van der Waals surface area contributed by atoms with Crippen molar-refractivity contribution in [3.63, 3.8) is 0 Å². The predicted molar refractivity (Wildman–Crippen MR) is 114 cm³/mol. The maximum absolute atomic E-state index is 12.4. The van der Waals surface area contributed by atoms with Gasteiger partial charge in [0.25, 0.3) is 5.91 Å². The number of methoxy groups -OCH3 is 1. The highest BCUT2D eigenvalue weighted by Gasteiger charge is 2.26. The summed E-state index contributed by atoms with van der Waals surface area (Å²) in [5.41, 5.74) is 1.28. The third kappa shape index (κ3) is 4.93. The van der Waals surface area contributed by atoms with Crippen molar-refractivity contribution in [2.45, 2.75) is 19.3 Å². The van der Waals surface area contributed by atoms with Gasteiger partial charge in [-0.1, -0.05) is 0 Å². The van der Waals surface area contributed by atoms with Gasteiger partial charge in [-0.15, -0.1) is 0 Å². The first-order valence-electron chi connectivity index (χ1n) is 10.7. The van der Waals surface area contributed by atoms with Gasteiger partial charge in [0.15, 0.2) is 5.76 Å². The van der Waals surface area contributed by atoms with E-state index in [1.54, 1.807) is 25.5 Å². The standard InChI is InChI=1S/C23H31N3O3/c1-28-21-7-5-20(6-8-21)25-12-3-11-24(15-16-25)18-19-9-13-26(14-10-19)23(27)22-4-2-17-29-22/h2,4-8,17,19H,3,9-16,18H2,1H3.